The first-order valence-electron chi connectivity index (χ1n) is 4.55. The molecule has 0 bridgehead atoms. The molecule has 1 aromatic heterocycles. The summed E-state index contributed by atoms with van der Waals surface area (Å²) in [6.45, 7) is 1.08. The molecule has 15 heavy (non-hydrogen) atoms. The Kier molecular flexibility index (Phi) is 3.04. The maximum atomic E-state index is 12.8. The van der Waals surface area contributed by atoms with Crippen molar-refractivity contribution in [3.63, 3.8) is 0 Å². The molecule has 1 heterocycles. The molecule has 78 valence electrons. The topological polar surface area (TPSA) is 51.0 Å². The summed E-state index contributed by atoms with van der Waals surface area (Å²) in [5.41, 5.74) is 0.887. The zero-order valence-electron chi connectivity index (χ0n) is 7.98. The third kappa shape index (κ3) is 2.85. The predicted molar refractivity (Wildman–Crippen MR) is 51.2 cm³/mol. The van der Waals surface area contributed by atoms with E-state index >= 15 is 0 Å². The second-order valence-corrected chi connectivity index (χ2v) is 3.08. The first-order valence-corrected chi connectivity index (χ1v) is 4.55. The number of rotatable bonds is 4. The van der Waals surface area contributed by atoms with Gasteiger partial charge in [-0.15, -0.1) is 0 Å². The van der Waals surface area contributed by atoms with E-state index < -0.39 is 0 Å². The molecule has 0 fully saturated rings. The first-order chi connectivity index (χ1) is 7.34. The molecule has 1 aromatic carbocycles. The van der Waals surface area contributed by atoms with Crippen LogP contribution in [0.15, 0.2) is 35.2 Å². The van der Waals surface area contributed by atoms with Crippen molar-refractivity contribution in [1.82, 2.24) is 15.5 Å². The Morgan fingerprint density at radius 2 is 2.27 bits per heavy atom. The van der Waals surface area contributed by atoms with Crippen LogP contribution in [0.2, 0.25) is 0 Å². The molecule has 0 aliphatic rings. The molecule has 0 aliphatic heterocycles. The normalized spacial score (nSPS) is 10.5. The summed E-state index contributed by atoms with van der Waals surface area (Å²) in [7, 11) is 0. The Bertz CT molecular complexity index is 416. The van der Waals surface area contributed by atoms with Crippen LogP contribution in [0, 0.1) is 5.82 Å². The van der Waals surface area contributed by atoms with E-state index in [1.165, 1.54) is 18.5 Å². The van der Waals surface area contributed by atoms with Gasteiger partial charge in [-0.1, -0.05) is 17.3 Å². The Balaban J connectivity index is 1.83. The molecule has 0 spiro atoms. The van der Waals surface area contributed by atoms with Gasteiger partial charge in [-0.25, -0.2) is 4.39 Å². The maximum absolute atomic E-state index is 12.8. The number of aromatic nitrogens is 2. The summed E-state index contributed by atoms with van der Waals surface area (Å²) >= 11 is 0. The summed E-state index contributed by atoms with van der Waals surface area (Å²) in [6.07, 6.45) is 1.28. The van der Waals surface area contributed by atoms with Crippen molar-refractivity contribution in [2.75, 3.05) is 0 Å². The summed E-state index contributed by atoms with van der Waals surface area (Å²) in [6, 6.07) is 6.44. The average Bonchev–Trinajstić information content (AvgIpc) is 2.71. The highest BCUT2D eigenvalue weighted by Crippen LogP contribution is 2.02. The summed E-state index contributed by atoms with van der Waals surface area (Å²) < 4.78 is 17.4. The van der Waals surface area contributed by atoms with Crippen LogP contribution in [0.1, 0.15) is 11.4 Å². The van der Waals surface area contributed by atoms with Crippen molar-refractivity contribution >= 4 is 0 Å². The standard InChI is InChI=1S/C10H10FN3O/c11-9-3-1-2-8(4-9)5-12-6-10-13-7-15-14-10/h1-4,7,12H,5-6H2. The molecule has 0 unspecified atom stereocenters. The van der Waals surface area contributed by atoms with Crippen molar-refractivity contribution in [3.05, 3.63) is 47.9 Å². The lowest BCUT2D eigenvalue weighted by Gasteiger charge is -2.01. The molecule has 4 nitrogen and oxygen atoms in total. The van der Waals surface area contributed by atoms with Crippen LogP contribution >= 0.6 is 0 Å². The van der Waals surface area contributed by atoms with Crippen LogP contribution < -0.4 is 5.32 Å². The zero-order chi connectivity index (χ0) is 10.5. The molecule has 0 atom stereocenters. The SMILES string of the molecule is Fc1cccc(CNCc2ncon2)c1. The van der Waals surface area contributed by atoms with Gasteiger partial charge < -0.3 is 9.84 Å². The molecule has 0 amide bonds. The molecule has 0 saturated carbocycles. The summed E-state index contributed by atoms with van der Waals surface area (Å²) in [5.74, 6) is 0.361. The number of hydrogen-bond donors (Lipinski definition) is 1. The van der Waals surface area contributed by atoms with Crippen molar-refractivity contribution < 1.29 is 8.91 Å². The van der Waals surface area contributed by atoms with Crippen LogP contribution in [0.5, 0.6) is 0 Å². The van der Waals surface area contributed by atoms with Gasteiger partial charge in [0.1, 0.15) is 5.82 Å². The van der Waals surface area contributed by atoms with Crippen molar-refractivity contribution in [1.29, 1.82) is 0 Å². The van der Waals surface area contributed by atoms with Gasteiger partial charge in [0.2, 0.25) is 6.39 Å². The lowest BCUT2D eigenvalue weighted by molar-refractivity contribution is 0.407. The van der Waals surface area contributed by atoms with Crippen LogP contribution in [-0.2, 0) is 13.1 Å². The van der Waals surface area contributed by atoms with E-state index in [9.17, 15) is 4.39 Å². The lowest BCUT2D eigenvalue weighted by atomic mass is 10.2. The molecular formula is C10H10FN3O. The third-order valence-corrected chi connectivity index (χ3v) is 1.91. The fraction of sp³-hybridized carbons (Fsp3) is 0.200. The highest BCUT2D eigenvalue weighted by molar-refractivity contribution is 5.15. The van der Waals surface area contributed by atoms with Crippen LogP contribution in [0.4, 0.5) is 4.39 Å². The van der Waals surface area contributed by atoms with Gasteiger partial charge in [0.05, 0.1) is 6.54 Å². The van der Waals surface area contributed by atoms with Crippen LogP contribution in [0.25, 0.3) is 0 Å². The minimum Gasteiger partial charge on any atom is -0.343 e. The molecule has 0 radical (unpaired) electrons. The number of halogens is 1. The van der Waals surface area contributed by atoms with Crippen molar-refractivity contribution in [2.24, 2.45) is 0 Å². The Hall–Kier alpha value is -1.75. The monoisotopic (exact) mass is 207 g/mol. The van der Waals surface area contributed by atoms with E-state index in [2.05, 4.69) is 20.0 Å². The van der Waals surface area contributed by atoms with Crippen molar-refractivity contribution in [2.45, 2.75) is 13.1 Å². The quantitative estimate of drug-likeness (QED) is 0.825. The van der Waals surface area contributed by atoms with Gasteiger partial charge in [-0.2, -0.15) is 4.98 Å². The molecule has 2 aromatic rings. The fourth-order valence-corrected chi connectivity index (χ4v) is 1.24. The van der Waals surface area contributed by atoms with Gasteiger partial charge in [0, 0.05) is 6.54 Å². The average molecular weight is 207 g/mol. The minimum atomic E-state index is -0.228. The Morgan fingerprint density at radius 1 is 1.33 bits per heavy atom. The van der Waals surface area contributed by atoms with Gasteiger partial charge in [0.15, 0.2) is 5.82 Å². The second-order valence-electron chi connectivity index (χ2n) is 3.08. The largest absolute Gasteiger partial charge is 0.343 e. The fourth-order valence-electron chi connectivity index (χ4n) is 1.24. The van der Waals surface area contributed by atoms with Gasteiger partial charge in [-0.3, -0.25) is 0 Å². The number of hydrogen-bond acceptors (Lipinski definition) is 4. The number of nitrogens with one attached hydrogen (secondary N) is 1. The minimum absolute atomic E-state index is 0.228. The lowest BCUT2D eigenvalue weighted by Crippen LogP contribution is -2.13. The van der Waals surface area contributed by atoms with Crippen molar-refractivity contribution in [3.8, 4) is 0 Å². The highest BCUT2D eigenvalue weighted by atomic mass is 19.1. The van der Waals surface area contributed by atoms with Gasteiger partial charge in [0.25, 0.3) is 0 Å². The molecular weight excluding hydrogens is 197 g/mol. The predicted octanol–water partition coefficient (Wildman–Crippen LogP) is 1.50. The van der Waals surface area contributed by atoms with Crippen LogP contribution in [0.3, 0.4) is 0 Å². The number of benzene rings is 1. The number of nitrogens with zero attached hydrogens (tertiary/aromatic N) is 2. The molecule has 0 saturated heterocycles. The van der Waals surface area contributed by atoms with E-state index in [1.54, 1.807) is 6.07 Å². The van der Waals surface area contributed by atoms with E-state index in [-0.39, 0.29) is 5.82 Å². The van der Waals surface area contributed by atoms with E-state index in [1.807, 2.05) is 6.07 Å². The first kappa shape index (κ1) is 9.79. The molecule has 5 heteroatoms. The van der Waals surface area contributed by atoms with Gasteiger partial charge in [-0.05, 0) is 17.7 Å². The van der Waals surface area contributed by atoms with Crippen LogP contribution in [-0.4, -0.2) is 10.1 Å². The highest BCUT2D eigenvalue weighted by Gasteiger charge is 1.98. The van der Waals surface area contributed by atoms with E-state index in [4.69, 9.17) is 0 Å². The molecule has 2 rings (SSSR count). The third-order valence-electron chi connectivity index (χ3n) is 1.91. The van der Waals surface area contributed by atoms with E-state index in [0.29, 0.717) is 18.9 Å². The summed E-state index contributed by atoms with van der Waals surface area (Å²) in [5, 5.41) is 6.72. The Labute approximate surface area is 86.1 Å². The molecule has 1 N–H and O–H groups in total. The molecule has 0 aliphatic carbocycles. The smallest absolute Gasteiger partial charge is 0.213 e. The maximum Gasteiger partial charge on any atom is 0.213 e. The van der Waals surface area contributed by atoms with Gasteiger partial charge >= 0.3 is 0 Å². The zero-order valence-corrected chi connectivity index (χ0v) is 7.98. The van der Waals surface area contributed by atoms with E-state index in [0.717, 1.165) is 5.56 Å². The Morgan fingerprint density at radius 3 is 3.00 bits per heavy atom. The summed E-state index contributed by atoms with van der Waals surface area (Å²) in [4.78, 5) is 3.85. The second kappa shape index (κ2) is 4.65.